The average Bonchev–Trinajstić information content (AvgIpc) is 3.10. The number of unbranched alkanes of at least 4 members (excludes halogenated alkanes) is 5. The van der Waals surface area contributed by atoms with Gasteiger partial charge in [0.2, 0.25) is 0 Å². The lowest BCUT2D eigenvalue weighted by Gasteiger charge is -2.31. The van der Waals surface area contributed by atoms with Crippen LogP contribution in [0.25, 0.3) is 5.57 Å². The van der Waals surface area contributed by atoms with Gasteiger partial charge in [0.25, 0.3) is 11.8 Å². The molecule has 2 heterocycles. The van der Waals surface area contributed by atoms with Crippen LogP contribution in [-0.4, -0.2) is 41.8 Å². The number of ether oxygens (including phenoxy) is 1. The van der Waals surface area contributed by atoms with E-state index in [0.717, 1.165) is 43.5 Å². The number of carbonyl (C=O) groups excluding carboxylic acids is 2. The maximum atomic E-state index is 13.6. The van der Waals surface area contributed by atoms with E-state index in [1.54, 1.807) is 7.11 Å². The number of benzene rings is 2. The number of rotatable bonds is 10. The smallest absolute Gasteiger partial charge is 0.277 e. The lowest BCUT2D eigenvalue weighted by atomic mass is 9.98. The number of fused-ring (bicyclic) bond motifs is 1. The van der Waals surface area contributed by atoms with Gasteiger partial charge < -0.3 is 9.64 Å². The van der Waals surface area contributed by atoms with Crippen LogP contribution in [0.5, 0.6) is 5.75 Å². The van der Waals surface area contributed by atoms with Gasteiger partial charge in [0.05, 0.1) is 12.7 Å². The zero-order chi connectivity index (χ0) is 23.2. The molecule has 2 aliphatic rings. The highest BCUT2D eigenvalue weighted by atomic mass is 16.5. The van der Waals surface area contributed by atoms with Crippen LogP contribution in [0.15, 0.2) is 54.2 Å². The first kappa shape index (κ1) is 23.1. The lowest BCUT2D eigenvalue weighted by Crippen LogP contribution is -2.37. The Morgan fingerprint density at radius 2 is 1.55 bits per heavy atom. The zero-order valence-corrected chi connectivity index (χ0v) is 19.8. The molecule has 0 bridgehead atoms. The van der Waals surface area contributed by atoms with Crippen LogP contribution >= 0.6 is 0 Å². The summed E-state index contributed by atoms with van der Waals surface area (Å²) in [6, 6.07) is 15.8. The molecule has 2 aliphatic heterocycles. The third-order valence-electron chi connectivity index (χ3n) is 6.70. The monoisotopic (exact) mass is 446 g/mol. The van der Waals surface area contributed by atoms with E-state index in [-0.39, 0.29) is 11.8 Å². The third-order valence-corrected chi connectivity index (χ3v) is 6.70. The molecule has 2 amide bonds. The van der Waals surface area contributed by atoms with Gasteiger partial charge in [0, 0.05) is 19.6 Å². The first-order valence-electron chi connectivity index (χ1n) is 12.2. The molecule has 0 spiro atoms. The summed E-state index contributed by atoms with van der Waals surface area (Å²) in [7, 11) is 1.62. The molecule has 0 aliphatic carbocycles. The van der Waals surface area contributed by atoms with Crippen LogP contribution in [0.3, 0.4) is 0 Å². The normalized spacial score (nSPS) is 15.9. The lowest BCUT2D eigenvalue weighted by molar-refractivity contribution is -0.137. The molecule has 5 nitrogen and oxygen atoms in total. The largest absolute Gasteiger partial charge is 0.497 e. The molecule has 4 rings (SSSR count). The predicted molar refractivity (Wildman–Crippen MR) is 131 cm³/mol. The Morgan fingerprint density at radius 3 is 2.27 bits per heavy atom. The summed E-state index contributed by atoms with van der Waals surface area (Å²) in [6.07, 6.45) is 7.58. The van der Waals surface area contributed by atoms with E-state index < -0.39 is 0 Å². The summed E-state index contributed by atoms with van der Waals surface area (Å²) in [4.78, 5) is 30.7. The molecule has 33 heavy (non-hydrogen) atoms. The summed E-state index contributed by atoms with van der Waals surface area (Å²) >= 11 is 0. The fourth-order valence-electron chi connectivity index (χ4n) is 4.81. The van der Waals surface area contributed by atoms with Gasteiger partial charge >= 0.3 is 0 Å². The highest BCUT2D eigenvalue weighted by Crippen LogP contribution is 2.35. The molecule has 0 N–H and O–H groups in total. The number of imide groups is 1. The summed E-state index contributed by atoms with van der Waals surface area (Å²) in [5, 5.41) is 0. The Bertz CT molecular complexity index is 1030. The van der Waals surface area contributed by atoms with Crippen molar-refractivity contribution in [3.05, 3.63) is 70.9 Å². The summed E-state index contributed by atoms with van der Waals surface area (Å²) in [6.45, 7) is 4.07. The molecular weight excluding hydrogens is 412 g/mol. The van der Waals surface area contributed by atoms with Gasteiger partial charge in [-0.2, -0.15) is 0 Å². The fraction of sp³-hybridized carbons (Fsp3) is 0.429. The topological polar surface area (TPSA) is 49.9 Å². The molecule has 5 heteroatoms. The maximum Gasteiger partial charge on any atom is 0.277 e. The fourth-order valence-corrected chi connectivity index (χ4v) is 4.81. The molecule has 0 aromatic heterocycles. The van der Waals surface area contributed by atoms with Crippen molar-refractivity contribution < 1.29 is 14.3 Å². The minimum Gasteiger partial charge on any atom is -0.497 e. The summed E-state index contributed by atoms with van der Waals surface area (Å²) < 4.78 is 5.29. The van der Waals surface area contributed by atoms with Crippen LogP contribution in [-0.2, 0) is 22.6 Å². The molecule has 0 unspecified atom stereocenters. The van der Waals surface area contributed by atoms with Crippen molar-refractivity contribution in [2.45, 2.75) is 58.4 Å². The van der Waals surface area contributed by atoms with Gasteiger partial charge in [-0.05, 0) is 41.7 Å². The summed E-state index contributed by atoms with van der Waals surface area (Å²) in [5.41, 5.74) is 4.38. The molecule has 2 aromatic carbocycles. The van der Waals surface area contributed by atoms with Gasteiger partial charge in [-0.25, -0.2) is 0 Å². The van der Waals surface area contributed by atoms with Crippen molar-refractivity contribution >= 4 is 17.4 Å². The SMILES string of the molecule is CCCCCCCCN1C(=O)C(c2ccc(OC)cc2)=C(N2CCc3ccccc3C2)C1=O. The van der Waals surface area contributed by atoms with Crippen LogP contribution in [0.4, 0.5) is 0 Å². The number of carbonyl (C=O) groups is 2. The second-order valence-corrected chi connectivity index (χ2v) is 8.92. The van der Waals surface area contributed by atoms with Gasteiger partial charge in [0.1, 0.15) is 11.4 Å². The van der Waals surface area contributed by atoms with Crippen LogP contribution in [0.2, 0.25) is 0 Å². The standard InChI is InChI=1S/C28H34N2O3/c1-3-4-5-6-7-10-18-30-27(31)25(22-13-15-24(33-2)16-14-22)26(28(30)32)29-19-17-21-11-8-9-12-23(21)20-29/h8-9,11-16H,3-7,10,17-20H2,1-2H3. The minimum atomic E-state index is -0.174. The van der Waals surface area contributed by atoms with Crippen LogP contribution in [0, 0.1) is 0 Å². The zero-order valence-electron chi connectivity index (χ0n) is 19.8. The van der Waals surface area contributed by atoms with Gasteiger partial charge in [-0.15, -0.1) is 0 Å². The average molecular weight is 447 g/mol. The van der Waals surface area contributed by atoms with E-state index in [1.165, 1.54) is 35.3 Å². The van der Waals surface area contributed by atoms with Gasteiger partial charge in [-0.3, -0.25) is 14.5 Å². The summed E-state index contributed by atoms with van der Waals surface area (Å²) in [5.74, 6) is 0.403. The molecule has 174 valence electrons. The van der Waals surface area contributed by atoms with E-state index in [0.29, 0.717) is 24.4 Å². The molecule has 0 atom stereocenters. The number of amides is 2. The number of hydrogen-bond donors (Lipinski definition) is 0. The number of nitrogens with zero attached hydrogens (tertiary/aromatic N) is 2. The van der Waals surface area contributed by atoms with Crippen molar-refractivity contribution in [1.29, 1.82) is 0 Å². The Kier molecular flexibility index (Phi) is 7.48. The van der Waals surface area contributed by atoms with Crippen molar-refractivity contribution in [2.75, 3.05) is 20.2 Å². The number of methoxy groups -OCH3 is 1. The van der Waals surface area contributed by atoms with Crippen molar-refractivity contribution in [3.63, 3.8) is 0 Å². The molecule has 2 aromatic rings. The van der Waals surface area contributed by atoms with Gasteiger partial charge in [0.15, 0.2) is 0 Å². The Hall–Kier alpha value is -3.08. The van der Waals surface area contributed by atoms with Crippen LogP contribution in [0.1, 0.15) is 62.1 Å². The predicted octanol–water partition coefficient (Wildman–Crippen LogP) is 5.19. The molecular formula is C28H34N2O3. The van der Waals surface area contributed by atoms with E-state index in [2.05, 4.69) is 30.0 Å². The van der Waals surface area contributed by atoms with E-state index in [4.69, 9.17) is 4.74 Å². The highest BCUT2D eigenvalue weighted by Gasteiger charge is 2.41. The quantitative estimate of drug-likeness (QED) is 0.372. The van der Waals surface area contributed by atoms with Crippen LogP contribution < -0.4 is 4.74 Å². The first-order chi connectivity index (χ1) is 16.1. The Balaban J connectivity index is 1.59. The van der Waals surface area contributed by atoms with Crippen molar-refractivity contribution in [2.24, 2.45) is 0 Å². The first-order valence-corrected chi connectivity index (χ1v) is 12.2. The molecule has 0 radical (unpaired) electrons. The van der Waals surface area contributed by atoms with E-state index in [9.17, 15) is 9.59 Å². The third kappa shape index (κ3) is 4.97. The van der Waals surface area contributed by atoms with Gasteiger partial charge in [-0.1, -0.05) is 75.4 Å². The van der Waals surface area contributed by atoms with E-state index in [1.807, 2.05) is 30.3 Å². The second-order valence-electron chi connectivity index (χ2n) is 8.92. The Morgan fingerprint density at radius 1 is 0.848 bits per heavy atom. The molecule has 0 saturated heterocycles. The maximum absolute atomic E-state index is 13.6. The van der Waals surface area contributed by atoms with E-state index >= 15 is 0 Å². The Labute approximate surface area is 197 Å². The minimum absolute atomic E-state index is 0.154. The molecule has 0 fully saturated rings. The highest BCUT2D eigenvalue weighted by molar-refractivity contribution is 6.35. The molecule has 0 saturated carbocycles. The van der Waals surface area contributed by atoms with Crippen molar-refractivity contribution in [3.8, 4) is 5.75 Å². The second kappa shape index (κ2) is 10.7. The number of hydrogen-bond acceptors (Lipinski definition) is 4. The van der Waals surface area contributed by atoms with Crippen molar-refractivity contribution in [1.82, 2.24) is 9.80 Å².